The molecule has 3 heteroatoms. The summed E-state index contributed by atoms with van der Waals surface area (Å²) in [5.74, 6) is 0.993. The summed E-state index contributed by atoms with van der Waals surface area (Å²) in [5.41, 5.74) is 0. The van der Waals surface area contributed by atoms with E-state index in [1.165, 1.54) is 25.7 Å². The van der Waals surface area contributed by atoms with E-state index in [2.05, 4.69) is 17.6 Å². The van der Waals surface area contributed by atoms with Crippen molar-refractivity contribution in [1.82, 2.24) is 10.6 Å². The maximum atomic E-state index is 11.6. The van der Waals surface area contributed by atoms with Gasteiger partial charge in [0.1, 0.15) is 0 Å². The molecule has 0 unspecified atom stereocenters. The van der Waals surface area contributed by atoms with E-state index in [1.54, 1.807) is 0 Å². The van der Waals surface area contributed by atoms with Gasteiger partial charge in [0.2, 0.25) is 5.91 Å². The molecule has 0 spiro atoms. The number of carbonyl (C=O) groups excluding carboxylic acids is 1. The molecule has 2 aliphatic carbocycles. The van der Waals surface area contributed by atoms with Crippen LogP contribution in [0.4, 0.5) is 0 Å². The molecule has 0 aromatic rings. The fourth-order valence-corrected chi connectivity index (χ4v) is 2.60. The highest BCUT2D eigenvalue weighted by Gasteiger charge is 2.26. The van der Waals surface area contributed by atoms with Crippen molar-refractivity contribution in [3.63, 3.8) is 0 Å². The van der Waals surface area contributed by atoms with Gasteiger partial charge >= 0.3 is 0 Å². The summed E-state index contributed by atoms with van der Waals surface area (Å²) in [6.07, 6.45) is 8.01. The quantitative estimate of drug-likeness (QED) is 0.748. The molecule has 2 fully saturated rings. The molecule has 0 radical (unpaired) electrons. The number of carbonyl (C=O) groups is 1. The summed E-state index contributed by atoms with van der Waals surface area (Å²) in [5, 5.41) is 6.67. The van der Waals surface area contributed by atoms with Gasteiger partial charge in [-0.25, -0.2) is 0 Å². The highest BCUT2D eigenvalue weighted by Crippen LogP contribution is 2.32. The van der Waals surface area contributed by atoms with E-state index in [-0.39, 0.29) is 5.91 Å². The first kappa shape index (κ1) is 11.9. The average molecular weight is 224 g/mol. The van der Waals surface area contributed by atoms with Crippen molar-refractivity contribution < 1.29 is 4.79 Å². The lowest BCUT2D eigenvalue weighted by Gasteiger charge is -2.29. The zero-order chi connectivity index (χ0) is 11.4. The Morgan fingerprint density at radius 3 is 2.25 bits per heavy atom. The minimum absolute atomic E-state index is 0.286. The Balaban J connectivity index is 1.62. The molecule has 0 aromatic heterocycles. The van der Waals surface area contributed by atoms with Crippen LogP contribution in [0.5, 0.6) is 0 Å². The van der Waals surface area contributed by atoms with Gasteiger partial charge in [0, 0.05) is 18.5 Å². The van der Waals surface area contributed by atoms with Crippen LogP contribution in [-0.2, 0) is 4.79 Å². The first-order valence-corrected chi connectivity index (χ1v) is 6.80. The number of rotatable bonds is 5. The second-order valence-electron chi connectivity index (χ2n) is 5.32. The van der Waals surface area contributed by atoms with Crippen LogP contribution >= 0.6 is 0 Å². The molecule has 3 nitrogen and oxygen atoms in total. The maximum Gasteiger partial charge on any atom is 0.220 e. The molecule has 2 saturated carbocycles. The summed E-state index contributed by atoms with van der Waals surface area (Å²) in [7, 11) is 0. The maximum absolute atomic E-state index is 11.6. The molecule has 0 heterocycles. The Bertz CT molecular complexity index is 230. The Hall–Kier alpha value is -0.570. The molecule has 2 N–H and O–H groups in total. The molecule has 0 saturated heterocycles. The van der Waals surface area contributed by atoms with E-state index < -0.39 is 0 Å². The van der Waals surface area contributed by atoms with Gasteiger partial charge in [-0.05, 0) is 51.0 Å². The van der Waals surface area contributed by atoms with Crippen molar-refractivity contribution in [3.05, 3.63) is 0 Å². The smallest absolute Gasteiger partial charge is 0.220 e. The van der Waals surface area contributed by atoms with Gasteiger partial charge in [0.05, 0.1) is 0 Å². The highest BCUT2D eigenvalue weighted by atomic mass is 16.1. The van der Waals surface area contributed by atoms with Crippen molar-refractivity contribution in [3.8, 4) is 0 Å². The van der Waals surface area contributed by atoms with Crippen LogP contribution in [0.3, 0.4) is 0 Å². The fourth-order valence-electron chi connectivity index (χ4n) is 2.60. The fraction of sp³-hybridized carbons (Fsp3) is 0.923. The summed E-state index contributed by atoms with van der Waals surface area (Å²) >= 11 is 0. The lowest BCUT2D eigenvalue weighted by molar-refractivity contribution is -0.122. The van der Waals surface area contributed by atoms with Gasteiger partial charge < -0.3 is 10.6 Å². The molecule has 0 aliphatic heterocycles. The summed E-state index contributed by atoms with van der Waals surface area (Å²) in [6, 6.07) is 1.13. The van der Waals surface area contributed by atoms with E-state index in [0.717, 1.165) is 25.8 Å². The lowest BCUT2D eigenvalue weighted by Crippen LogP contribution is -2.42. The van der Waals surface area contributed by atoms with E-state index >= 15 is 0 Å². The molecular formula is C13H24N2O. The van der Waals surface area contributed by atoms with Crippen LogP contribution in [-0.4, -0.2) is 24.5 Å². The van der Waals surface area contributed by atoms with Gasteiger partial charge in [-0.2, -0.15) is 0 Å². The first-order valence-electron chi connectivity index (χ1n) is 6.80. The molecule has 1 amide bonds. The zero-order valence-electron chi connectivity index (χ0n) is 10.3. The number of hydrogen-bond acceptors (Lipinski definition) is 2. The van der Waals surface area contributed by atoms with Crippen LogP contribution < -0.4 is 10.6 Å². The number of nitrogens with one attached hydrogen (secondary N) is 2. The third-order valence-corrected chi connectivity index (χ3v) is 3.76. The predicted octanol–water partition coefficient (Wildman–Crippen LogP) is 1.82. The zero-order valence-corrected chi connectivity index (χ0v) is 10.3. The predicted molar refractivity (Wildman–Crippen MR) is 65.2 cm³/mol. The van der Waals surface area contributed by atoms with Crippen LogP contribution in [0.15, 0.2) is 0 Å². The molecule has 0 aromatic carbocycles. The largest absolute Gasteiger partial charge is 0.353 e. The van der Waals surface area contributed by atoms with Crippen molar-refractivity contribution >= 4 is 5.91 Å². The molecule has 92 valence electrons. The molecule has 2 aliphatic rings. The molecule has 2 rings (SSSR count). The van der Waals surface area contributed by atoms with E-state index in [4.69, 9.17) is 0 Å². The van der Waals surface area contributed by atoms with Gasteiger partial charge in [0.15, 0.2) is 0 Å². The Morgan fingerprint density at radius 1 is 1.06 bits per heavy atom. The standard InChI is InChI=1S/C13H24N2O/c1-2-14-11-5-7-12(8-6-11)15-13(16)9-10-3-4-10/h10-12,14H,2-9H2,1H3,(H,15,16). The summed E-state index contributed by atoms with van der Waals surface area (Å²) in [4.78, 5) is 11.6. The Kier molecular flexibility index (Phi) is 4.22. The molecule has 0 bridgehead atoms. The minimum Gasteiger partial charge on any atom is -0.353 e. The van der Waals surface area contributed by atoms with Gasteiger partial charge in [-0.3, -0.25) is 4.79 Å². The van der Waals surface area contributed by atoms with E-state index in [1.807, 2.05) is 0 Å². The first-order chi connectivity index (χ1) is 7.78. The van der Waals surface area contributed by atoms with Gasteiger partial charge in [-0.15, -0.1) is 0 Å². The number of hydrogen-bond donors (Lipinski definition) is 2. The van der Waals surface area contributed by atoms with Crippen LogP contribution in [0.2, 0.25) is 0 Å². The molecule has 0 atom stereocenters. The van der Waals surface area contributed by atoms with Crippen molar-refractivity contribution in [2.24, 2.45) is 5.92 Å². The second-order valence-corrected chi connectivity index (χ2v) is 5.32. The van der Waals surface area contributed by atoms with Crippen molar-refractivity contribution in [2.45, 2.75) is 64.0 Å². The SMILES string of the molecule is CCNC1CCC(NC(=O)CC2CC2)CC1. The summed E-state index contributed by atoms with van der Waals surface area (Å²) < 4.78 is 0. The van der Waals surface area contributed by atoms with Crippen LogP contribution in [0.1, 0.15) is 51.9 Å². The Labute approximate surface area is 98.4 Å². The highest BCUT2D eigenvalue weighted by molar-refractivity contribution is 5.76. The van der Waals surface area contributed by atoms with E-state index in [9.17, 15) is 4.79 Å². The summed E-state index contributed by atoms with van der Waals surface area (Å²) in [6.45, 7) is 3.22. The van der Waals surface area contributed by atoms with Crippen molar-refractivity contribution in [2.75, 3.05) is 6.54 Å². The second kappa shape index (κ2) is 5.67. The normalized spacial score (nSPS) is 30.1. The monoisotopic (exact) mass is 224 g/mol. The minimum atomic E-state index is 0.286. The Morgan fingerprint density at radius 2 is 1.69 bits per heavy atom. The van der Waals surface area contributed by atoms with Gasteiger partial charge in [0.25, 0.3) is 0 Å². The average Bonchev–Trinajstić information content (AvgIpc) is 3.05. The third kappa shape index (κ3) is 3.78. The number of amides is 1. The third-order valence-electron chi connectivity index (χ3n) is 3.76. The lowest BCUT2D eigenvalue weighted by atomic mass is 9.91. The van der Waals surface area contributed by atoms with E-state index in [0.29, 0.717) is 18.0 Å². The molecular weight excluding hydrogens is 200 g/mol. The molecule has 16 heavy (non-hydrogen) atoms. The topological polar surface area (TPSA) is 41.1 Å². The van der Waals surface area contributed by atoms with Crippen LogP contribution in [0.25, 0.3) is 0 Å². The van der Waals surface area contributed by atoms with Crippen LogP contribution in [0, 0.1) is 5.92 Å². The van der Waals surface area contributed by atoms with Crippen molar-refractivity contribution in [1.29, 1.82) is 0 Å². The van der Waals surface area contributed by atoms with Gasteiger partial charge in [-0.1, -0.05) is 6.92 Å².